The van der Waals surface area contributed by atoms with Crippen molar-refractivity contribution in [3.8, 4) is 0 Å². The van der Waals surface area contributed by atoms with E-state index in [1.165, 1.54) is 13.8 Å². The van der Waals surface area contributed by atoms with Crippen LogP contribution in [0.25, 0.3) is 0 Å². The van der Waals surface area contributed by atoms with E-state index in [2.05, 4.69) is 17.8 Å². The molecule has 2 unspecified atom stereocenters. The lowest BCUT2D eigenvalue weighted by Gasteiger charge is -2.51. The first-order chi connectivity index (χ1) is 14.2. The molecule has 10 nitrogen and oxygen atoms in total. The number of carbonyl (C=O) groups is 1. The molecule has 18 heteroatoms. The topological polar surface area (TPSA) is 131 Å². The largest absolute Gasteiger partial charge is 0.523 e. The van der Waals surface area contributed by atoms with Crippen molar-refractivity contribution >= 4 is 26.2 Å². The smallest absolute Gasteiger partial charge is 0.463 e. The van der Waals surface area contributed by atoms with Crippen molar-refractivity contribution in [2.45, 2.75) is 56.4 Å². The van der Waals surface area contributed by atoms with Gasteiger partial charge in [0.05, 0.1) is 17.4 Å². The monoisotopic (exact) mass is 526 g/mol. The molecule has 1 saturated carbocycles. The van der Waals surface area contributed by atoms with Gasteiger partial charge in [0.15, 0.2) is 12.6 Å². The SMILES string of the molecule is COC(OS(=O)(=O)C(F)(F)F)C1(C(OC)OS(=O)(=O)C(F)(F)F)CC(C(=O)OC(C)C)C1. The minimum Gasteiger partial charge on any atom is -0.463 e. The van der Waals surface area contributed by atoms with Gasteiger partial charge in [0.2, 0.25) is 0 Å². The summed E-state index contributed by atoms with van der Waals surface area (Å²) in [5.41, 5.74) is -14.3. The Morgan fingerprint density at radius 2 is 1.19 bits per heavy atom. The van der Waals surface area contributed by atoms with Gasteiger partial charge in [0, 0.05) is 14.2 Å². The third-order valence-corrected chi connectivity index (χ3v) is 6.29. The number of hydrogen-bond acceptors (Lipinski definition) is 10. The molecule has 0 spiro atoms. The fourth-order valence-corrected chi connectivity index (χ4v) is 4.15. The van der Waals surface area contributed by atoms with E-state index in [-0.39, 0.29) is 0 Å². The third kappa shape index (κ3) is 6.02. The van der Waals surface area contributed by atoms with Crippen molar-refractivity contribution in [3.05, 3.63) is 0 Å². The van der Waals surface area contributed by atoms with E-state index in [1.807, 2.05) is 0 Å². The van der Waals surface area contributed by atoms with E-state index in [9.17, 15) is 48.0 Å². The van der Waals surface area contributed by atoms with E-state index >= 15 is 0 Å². The summed E-state index contributed by atoms with van der Waals surface area (Å²) in [4.78, 5) is 12.1. The lowest BCUT2D eigenvalue weighted by Crippen LogP contribution is -2.60. The molecule has 0 amide bonds. The number of halogens is 6. The molecule has 0 bridgehead atoms. The molecular weight excluding hydrogens is 506 g/mol. The Morgan fingerprint density at radius 3 is 1.44 bits per heavy atom. The molecule has 0 aromatic heterocycles. The van der Waals surface area contributed by atoms with Gasteiger partial charge in [0.1, 0.15) is 0 Å². The molecule has 0 radical (unpaired) electrons. The van der Waals surface area contributed by atoms with Crippen LogP contribution in [0.3, 0.4) is 0 Å². The number of carbonyl (C=O) groups excluding carboxylic acids is 1. The highest BCUT2D eigenvalue weighted by Gasteiger charge is 2.64. The van der Waals surface area contributed by atoms with Crippen LogP contribution in [-0.4, -0.2) is 66.7 Å². The van der Waals surface area contributed by atoms with Gasteiger partial charge in [-0.25, -0.2) is 8.37 Å². The quantitative estimate of drug-likeness (QED) is 0.137. The molecule has 0 N–H and O–H groups in total. The number of methoxy groups -OCH3 is 2. The second-order valence-corrected chi connectivity index (χ2v) is 10.1. The highest BCUT2D eigenvalue weighted by Crippen LogP contribution is 2.55. The predicted octanol–water partition coefficient (Wildman–Crippen LogP) is 2.01. The molecule has 1 aliphatic carbocycles. The maximum absolute atomic E-state index is 12.7. The second kappa shape index (κ2) is 9.57. The summed E-state index contributed by atoms with van der Waals surface area (Å²) in [5, 5.41) is 0. The van der Waals surface area contributed by atoms with E-state index in [0.29, 0.717) is 14.2 Å². The zero-order chi connectivity index (χ0) is 25.3. The number of ether oxygens (including phenoxy) is 3. The Morgan fingerprint density at radius 1 is 0.844 bits per heavy atom. The summed E-state index contributed by atoms with van der Waals surface area (Å²) in [5.74, 6) is -2.13. The van der Waals surface area contributed by atoms with Crippen molar-refractivity contribution in [2.24, 2.45) is 11.3 Å². The third-order valence-electron chi connectivity index (χ3n) is 4.30. The molecule has 1 fully saturated rings. The van der Waals surface area contributed by atoms with Crippen LogP contribution in [0, 0.1) is 11.3 Å². The van der Waals surface area contributed by atoms with E-state index in [4.69, 9.17) is 4.74 Å². The standard InChI is InChI=1S/C14H20F6O10S2/c1-7(2)28-9(21)8-5-12(6-8,10(26-3)29-31(22,23)13(15,16)17)11(27-4)30-32(24,25)14(18,19)20/h7-8,10-11H,5-6H2,1-4H3. The van der Waals surface area contributed by atoms with Crippen molar-refractivity contribution < 1.29 is 70.5 Å². The molecule has 32 heavy (non-hydrogen) atoms. The summed E-state index contributed by atoms with van der Waals surface area (Å²) < 4.78 is 144. The molecule has 1 rings (SSSR count). The lowest BCUT2D eigenvalue weighted by atomic mass is 9.60. The van der Waals surface area contributed by atoms with Gasteiger partial charge in [-0.2, -0.15) is 43.2 Å². The van der Waals surface area contributed by atoms with Crippen LogP contribution >= 0.6 is 0 Å². The Bertz CT molecular complexity index is 819. The first-order valence-corrected chi connectivity index (χ1v) is 11.3. The Hall–Kier alpha value is -1.21. The van der Waals surface area contributed by atoms with E-state index in [0.717, 1.165) is 0 Å². The van der Waals surface area contributed by atoms with E-state index < -0.39 is 80.1 Å². The first-order valence-electron chi connectivity index (χ1n) is 8.49. The highest BCUT2D eigenvalue weighted by molar-refractivity contribution is 7.87. The molecule has 0 saturated heterocycles. The molecule has 2 atom stereocenters. The summed E-state index contributed by atoms with van der Waals surface area (Å²) in [6.45, 7) is 2.91. The van der Waals surface area contributed by atoms with Crippen LogP contribution in [-0.2, 0) is 47.6 Å². The zero-order valence-corrected chi connectivity index (χ0v) is 18.5. The average Bonchev–Trinajstić information content (AvgIpc) is 2.55. The van der Waals surface area contributed by atoms with Crippen molar-refractivity contribution in [1.82, 2.24) is 0 Å². The summed E-state index contributed by atoms with van der Waals surface area (Å²) in [6.07, 6.45) is -7.25. The van der Waals surface area contributed by atoms with Crippen molar-refractivity contribution in [2.75, 3.05) is 14.2 Å². The summed E-state index contributed by atoms with van der Waals surface area (Å²) >= 11 is 0. The molecule has 190 valence electrons. The lowest BCUT2D eigenvalue weighted by molar-refractivity contribution is -0.278. The Labute approximate surface area is 179 Å². The second-order valence-electron chi connectivity index (χ2n) is 6.95. The molecule has 0 heterocycles. The molecule has 0 aromatic carbocycles. The van der Waals surface area contributed by atoms with Crippen LogP contribution < -0.4 is 0 Å². The van der Waals surface area contributed by atoms with Gasteiger partial charge >= 0.3 is 37.2 Å². The zero-order valence-electron chi connectivity index (χ0n) is 16.9. The number of esters is 1. The van der Waals surface area contributed by atoms with Crippen LogP contribution in [0.1, 0.15) is 26.7 Å². The number of rotatable bonds is 10. The van der Waals surface area contributed by atoms with Gasteiger partial charge in [-0.05, 0) is 26.7 Å². The van der Waals surface area contributed by atoms with Gasteiger partial charge in [-0.1, -0.05) is 0 Å². The molecule has 0 aromatic rings. The fraction of sp³-hybridized carbons (Fsp3) is 0.929. The highest BCUT2D eigenvalue weighted by atomic mass is 32.2. The first kappa shape index (κ1) is 28.8. The predicted molar refractivity (Wildman–Crippen MR) is 90.1 cm³/mol. The summed E-state index contributed by atoms with van der Waals surface area (Å²) in [6, 6.07) is 0. The molecule has 1 aliphatic rings. The van der Waals surface area contributed by atoms with Gasteiger partial charge in [-0.15, -0.1) is 0 Å². The minimum atomic E-state index is -6.36. The summed E-state index contributed by atoms with van der Waals surface area (Å²) in [7, 11) is -11.4. The van der Waals surface area contributed by atoms with Crippen LogP contribution in [0.4, 0.5) is 26.3 Å². The van der Waals surface area contributed by atoms with Gasteiger partial charge in [-0.3, -0.25) is 4.79 Å². The van der Waals surface area contributed by atoms with Crippen LogP contribution in [0.15, 0.2) is 0 Å². The van der Waals surface area contributed by atoms with Gasteiger partial charge < -0.3 is 14.2 Å². The maximum Gasteiger partial charge on any atom is 0.523 e. The Balaban J connectivity index is 3.40. The van der Waals surface area contributed by atoms with Crippen LogP contribution in [0.5, 0.6) is 0 Å². The van der Waals surface area contributed by atoms with Crippen LogP contribution in [0.2, 0.25) is 0 Å². The maximum atomic E-state index is 12.7. The van der Waals surface area contributed by atoms with Crippen molar-refractivity contribution in [3.63, 3.8) is 0 Å². The minimum absolute atomic E-state index is 0.641. The average molecular weight is 526 g/mol. The van der Waals surface area contributed by atoms with Crippen molar-refractivity contribution in [1.29, 1.82) is 0 Å². The number of alkyl halides is 6. The Kier molecular flexibility index (Phi) is 8.62. The fourth-order valence-electron chi connectivity index (χ4n) is 2.93. The normalized spacial score (nSPS) is 24.7. The number of hydrogen-bond donors (Lipinski definition) is 0. The van der Waals surface area contributed by atoms with E-state index in [1.54, 1.807) is 0 Å². The van der Waals surface area contributed by atoms with Gasteiger partial charge in [0.25, 0.3) is 0 Å². The molecular formula is C14H20F6O10S2. The molecule has 0 aliphatic heterocycles.